The summed E-state index contributed by atoms with van der Waals surface area (Å²) in [6.45, 7) is 0.181. The van der Waals surface area contributed by atoms with E-state index in [0.29, 0.717) is 18.6 Å². The number of ether oxygens (including phenoxy) is 1. The van der Waals surface area contributed by atoms with Gasteiger partial charge in [-0.1, -0.05) is 18.1 Å². The lowest BCUT2D eigenvalue weighted by Crippen LogP contribution is -2.45. The Morgan fingerprint density at radius 2 is 2.05 bits per heavy atom. The maximum absolute atomic E-state index is 11.8. The molecule has 6 nitrogen and oxygen atoms in total. The van der Waals surface area contributed by atoms with Gasteiger partial charge in [0, 0.05) is 0 Å². The summed E-state index contributed by atoms with van der Waals surface area (Å²) in [7, 11) is -3.56. The molecule has 0 radical (unpaired) electrons. The summed E-state index contributed by atoms with van der Waals surface area (Å²) in [6.07, 6.45) is 6.52. The van der Waals surface area contributed by atoms with Crippen LogP contribution in [0.1, 0.15) is 18.4 Å². The molecule has 0 aliphatic heterocycles. The first kappa shape index (κ1) is 16.3. The standard InChI is InChI=1S/C15H18N2O4S/c1-2-9-21-12-5-3-11(4-6-12)10-14(16)15(18)17-22(19,20)13-7-8-13/h1,3-6,13-14H,7-10,16H2,(H,17,18). The maximum atomic E-state index is 11.8. The second kappa shape index (κ2) is 6.81. The van der Waals surface area contributed by atoms with Crippen LogP contribution in [0.25, 0.3) is 0 Å². The van der Waals surface area contributed by atoms with E-state index in [-0.39, 0.29) is 13.0 Å². The van der Waals surface area contributed by atoms with Crippen molar-refractivity contribution in [3.8, 4) is 18.1 Å². The molecule has 7 heteroatoms. The molecule has 1 atom stereocenters. The summed E-state index contributed by atoms with van der Waals surface area (Å²) in [5, 5.41) is -0.448. The molecule has 0 spiro atoms. The predicted octanol–water partition coefficient (Wildman–Crippen LogP) is 0.177. The van der Waals surface area contributed by atoms with Crippen LogP contribution in [0.15, 0.2) is 24.3 Å². The molecule has 2 rings (SSSR count). The van der Waals surface area contributed by atoms with E-state index in [1.807, 2.05) is 4.72 Å². The van der Waals surface area contributed by atoms with Crippen LogP contribution in [0.2, 0.25) is 0 Å². The van der Waals surface area contributed by atoms with E-state index in [2.05, 4.69) is 5.92 Å². The smallest absolute Gasteiger partial charge is 0.250 e. The Hall–Kier alpha value is -2.04. The number of hydrogen-bond donors (Lipinski definition) is 2. The topological polar surface area (TPSA) is 98.5 Å². The van der Waals surface area contributed by atoms with Crippen molar-refractivity contribution in [3.05, 3.63) is 29.8 Å². The summed E-state index contributed by atoms with van der Waals surface area (Å²) in [6, 6.07) is 6.03. The first-order valence-electron chi connectivity index (χ1n) is 6.88. The average Bonchev–Trinajstić information content (AvgIpc) is 3.31. The zero-order valence-electron chi connectivity index (χ0n) is 12.0. The maximum Gasteiger partial charge on any atom is 0.250 e. The number of amides is 1. The van der Waals surface area contributed by atoms with Crippen LogP contribution in [0.5, 0.6) is 5.75 Å². The molecular weight excluding hydrogens is 304 g/mol. The molecule has 1 aliphatic rings. The minimum absolute atomic E-state index is 0.181. The quantitative estimate of drug-likeness (QED) is 0.698. The van der Waals surface area contributed by atoms with Crippen molar-refractivity contribution in [2.24, 2.45) is 5.73 Å². The highest BCUT2D eigenvalue weighted by atomic mass is 32.2. The fourth-order valence-corrected chi connectivity index (χ4v) is 3.23. The number of nitrogens with one attached hydrogen (secondary N) is 1. The lowest BCUT2D eigenvalue weighted by Gasteiger charge is -2.12. The molecule has 3 N–H and O–H groups in total. The molecule has 1 fully saturated rings. The third kappa shape index (κ3) is 4.48. The summed E-state index contributed by atoms with van der Waals surface area (Å²) < 4.78 is 30.6. The lowest BCUT2D eigenvalue weighted by molar-refractivity contribution is -0.120. The third-order valence-electron chi connectivity index (χ3n) is 3.24. The van der Waals surface area contributed by atoms with E-state index >= 15 is 0 Å². The predicted molar refractivity (Wildman–Crippen MR) is 82.5 cm³/mol. The highest BCUT2D eigenvalue weighted by Gasteiger charge is 2.37. The van der Waals surface area contributed by atoms with Gasteiger partial charge >= 0.3 is 0 Å². The highest BCUT2D eigenvalue weighted by Crippen LogP contribution is 2.27. The van der Waals surface area contributed by atoms with Gasteiger partial charge in [0.05, 0.1) is 11.3 Å². The van der Waals surface area contributed by atoms with Gasteiger partial charge in [-0.2, -0.15) is 0 Å². The van der Waals surface area contributed by atoms with E-state index in [1.165, 1.54) is 0 Å². The molecule has 0 aromatic heterocycles. The Morgan fingerprint density at radius 3 is 2.59 bits per heavy atom. The molecule has 1 unspecified atom stereocenters. The molecule has 0 heterocycles. The van der Waals surface area contributed by atoms with Gasteiger partial charge < -0.3 is 10.5 Å². The Labute approximate surface area is 130 Å². The van der Waals surface area contributed by atoms with Gasteiger partial charge in [-0.25, -0.2) is 8.42 Å². The van der Waals surface area contributed by atoms with Crippen LogP contribution in [0, 0.1) is 12.3 Å². The van der Waals surface area contributed by atoms with Crippen molar-refractivity contribution in [2.75, 3.05) is 6.61 Å². The van der Waals surface area contributed by atoms with Crippen LogP contribution in [-0.2, 0) is 21.2 Å². The summed E-state index contributed by atoms with van der Waals surface area (Å²) in [5.41, 5.74) is 6.57. The first-order valence-corrected chi connectivity index (χ1v) is 8.43. The van der Waals surface area contributed by atoms with E-state index in [9.17, 15) is 13.2 Å². The van der Waals surface area contributed by atoms with Crippen molar-refractivity contribution in [3.63, 3.8) is 0 Å². The number of terminal acetylenes is 1. The first-order chi connectivity index (χ1) is 10.4. The van der Waals surface area contributed by atoms with Gasteiger partial charge in [-0.3, -0.25) is 9.52 Å². The van der Waals surface area contributed by atoms with Crippen LogP contribution >= 0.6 is 0 Å². The summed E-state index contributed by atoms with van der Waals surface area (Å²) in [5.74, 6) is 2.30. The second-order valence-corrected chi connectivity index (χ2v) is 7.12. The monoisotopic (exact) mass is 322 g/mol. The summed E-state index contributed by atoms with van der Waals surface area (Å²) >= 11 is 0. The molecule has 1 aromatic rings. The Bertz CT molecular complexity index is 672. The Balaban J connectivity index is 1.89. The molecule has 0 bridgehead atoms. The fourth-order valence-electron chi connectivity index (χ4n) is 1.87. The van der Waals surface area contributed by atoms with E-state index < -0.39 is 27.2 Å². The molecule has 1 aliphatic carbocycles. The number of rotatable bonds is 7. The van der Waals surface area contributed by atoms with Crippen molar-refractivity contribution in [1.82, 2.24) is 4.72 Å². The average molecular weight is 322 g/mol. The largest absolute Gasteiger partial charge is 0.481 e. The molecule has 22 heavy (non-hydrogen) atoms. The highest BCUT2D eigenvalue weighted by molar-refractivity contribution is 7.90. The molecule has 0 saturated heterocycles. The van der Waals surface area contributed by atoms with Crippen LogP contribution in [0.4, 0.5) is 0 Å². The van der Waals surface area contributed by atoms with Crippen molar-refractivity contribution in [1.29, 1.82) is 0 Å². The van der Waals surface area contributed by atoms with Crippen molar-refractivity contribution >= 4 is 15.9 Å². The van der Waals surface area contributed by atoms with Gasteiger partial charge in [0.25, 0.3) is 5.91 Å². The molecule has 1 amide bonds. The Kier molecular flexibility index (Phi) is 5.06. The second-order valence-electron chi connectivity index (χ2n) is 5.16. The number of carbonyl (C=O) groups is 1. The van der Waals surface area contributed by atoms with Crippen LogP contribution in [-0.4, -0.2) is 32.2 Å². The fraction of sp³-hybridized carbons (Fsp3) is 0.400. The summed E-state index contributed by atoms with van der Waals surface area (Å²) in [4.78, 5) is 11.8. The number of hydrogen-bond acceptors (Lipinski definition) is 5. The number of benzene rings is 1. The molecule has 1 aromatic carbocycles. The SMILES string of the molecule is C#CCOc1ccc(CC(N)C(=O)NS(=O)(=O)C2CC2)cc1. The number of carbonyl (C=O) groups excluding carboxylic acids is 1. The molecule has 118 valence electrons. The normalized spacial score (nSPS) is 15.6. The van der Waals surface area contributed by atoms with Crippen molar-refractivity contribution in [2.45, 2.75) is 30.6 Å². The number of nitrogens with two attached hydrogens (primary N) is 1. The minimum Gasteiger partial charge on any atom is -0.481 e. The van der Waals surface area contributed by atoms with E-state index in [1.54, 1.807) is 24.3 Å². The zero-order chi connectivity index (χ0) is 16.2. The number of sulfonamides is 1. The van der Waals surface area contributed by atoms with Gasteiger partial charge in [0.2, 0.25) is 10.0 Å². The minimum atomic E-state index is -3.56. The van der Waals surface area contributed by atoms with Crippen molar-refractivity contribution < 1.29 is 17.9 Å². The Morgan fingerprint density at radius 1 is 1.41 bits per heavy atom. The van der Waals surface area contributed by atoms with Crippen LogP contribution in [0.3, 0.4) is 0 Å². The zero-order valence-corrected chi connectivity index (χ0v) is 12.8. The molecular formula is C15H18N2O4S. The van der Waals surface area contributed by atoms with E-state index in [0.717, 1.165) is 5.56 Å². The van der Waals surface area contributed by atoms with Gasteiger partial charge in [0.1, 0.15) is 12.4 Å². The molecule has 1 saturated carbocycles. The van der Waals surface area contributed by atoms with E-state index in [4.69, 9.17) is 16.9 Å². The van der Waals surface area contributed by atoms with Gasteiger partial charge in [-0.05, 0) is 37.0 Å². The lowest BCUT2D eigenvalue weighted by atomic mass is 10.1. The third-order valence-corrected chi connectivity index (χ3v) is 5.08. The van der Waals surface area contributed by atoms with Gasteiger partial charge in [0.15, 0.2) is 0 Å². The van der Waals surface area contributed by atoms with Crippen LogP contribution < -0.4 is 15.2 Å². The van der Waals surface area contributed by atoms with Gasteiger partial charge in [-0.15, -0.1) is 6.42 Å².